The maximum atomic E-state index is 4.57. The van der Waals surface area contributed by atoms with E-state index in [9.17, 15) is 0 Å². The molecule has 6 heteroatoms. The zero-order valence-corrected chi connectivity index (χ0v) is 10.4. The third-order valence-corrected chi connectivity index (χ3v) is 2.96. The molecule has 0 saturated carbocycles. The zero-order chi connectivity index (χ0) is 12.5. The second-order valence-corrected chi connectivity index (χ2v) is 4.06. The third-order valence-electron chi connectivity index (χ3n) is 2.96. The molecule has 6 nitrogen and oxygen atoms in total. The second-order valence-electron chi connectivity index (χ2n) is 4.06. The van der Waals surface area contributed by atoms with Gasteiger partial charge in [0.1, 0.15) is 6.33 Å². The Morgan fingerprint density at radius 3 is 2.89 bits per heavy atom. The number of fused-ring (bicyclic) bond motifs is 1. The minimum Gasteiger partial charge on any atom is -0.284 e. The Kier molecular flexibility index (Phi) is 2.55. The summed E-state index contributed by atoms with van der Waals surface area (Å²) in [4.78, 5) is 4.38. The van der Waals surface area contributed by atoms with Crippen molar-refractivity contribution < 1.29 is 0 Å². The standard InChI is InChI=1S/C12H14N6/c1-3-9-7-10(4-2)18(16-9)11-12-15-14-8-17(12)6-5-13-11/h5-8H,3-4H2,1-2H3. The fourth-order valence-electron chi connectivity index (χ4n) is 1.98. The fourth-order valence-corrected chi connectivity index (χ4v) is 1.98. The van der Waals surface area contributed by atoms with Crippen LogP contribution in [-0.4, -0.2) is 29.4 Å². The van der Waals surface area contributed by atoms with Crippen molar-refractivity contribution in [3.8, 4) is 5.82 Å². The molecule has 0 radical (unpaired) electrons. The second kappa shape index (κ2) is 4.21. The molecule has 0 aromatic carbocycles. The molecule has 0 bridgehead atoms. The van der Waals surface area contributed by atoms with Crippen LogP contribution in [-0.2, 0) is 12.8 Å². The molecule has 0 unspecified atom stereocenters. The quantitative estimate of drug-likeness (QED) is 0.697. The summed E-state index contributed by atoms with van der Waals surface area (Å²) >= 11 is 0. The molecule has 92 valence electrons. The van der Waals surface area contributed by atoms with E-state index < -0.39 is 0 Å². The highest BCUT2D eigenvalue weighted by Crippen LogP contribution is 2.15. The average Bonchev–Trinajstić information content (AvgIpc) is 3.04. The summed E-state index contributed by atoms with van der Waals surface area (Å²) in [5.41, 5.74) is 2.92. The highest BCUT2D eigenvalue weighted by Gasteiger charge is 2.12. The predicted octanol–water partition coefficient (Wildman–Crippen LogP) is 1.43. The molecule has 0 amide bonds. The third kappa shape index (κ3) is 1.57. The summed E-state index contributed by atoms with van der Waals surface area (Å²) < 4.78 is 3.71. The first kappa shape index (κ1) is 10.9. The number of nitrogens with zero attached hydrogens (tertiary/aromatic N) is 6. The molecule has 0 aliphatic rings. The Hall–Kier alpha value is -2.24. The van der Waals surface area contributed by atoms with Crippen LogP contribution >= 0.6 is 0 Å². The van der Waals surface area contributed by atoms with Crippen molar-refractivity contribution in [2.24, 2.45) is 0 Å². The molecule has 18 heavy (non-hydrogen) atoms. The number of rotatable bonds is 3. The van der Waals surface area contributed by atoms with E-state index in [1.807, 2.05) is 15.3 Å². The average molecular weight is 242 g/mol. The van der Waals surface area contributed by atoms with Crippen molar-refractivity contribution in [3.63, 3.8) is 0 Å². The van der Waals surface area contributed by atoms with Crippen LogP contribution in [0.25, 0.3) is 11.5 Å². The van der Waals surface area contributed by atoms with Crippen LogP contribution in [0.2, 0.25) is 0 Å². The monoisotopic (exact) mass is 242 g/mol. The topological polar surface area (TPSA) is 60.9 Å². The minimum atomic E-state index is 0.720. The number of hydrogen-bond donors (Lipinski definition) is 0. The lowest BCUT2D eigenvalue weighted by Crippen LogP contribution is -2.06. The Labute approximate surface area is 104 Å². The largest absolute Gasteiger partial charge is 0.284 e. The van der Waals surface area contributed by atoms with Gasteiger partial charge in [-0.25, -0.2) is 9.67 Å². The maximum Gasteiger partial charge on any atom is 0.205 e. The first-order valence-corrected chi connectivity index (χ1v) is 6.06. The van der Waals surface area contributed by atoms with E-state index in [-0.39, 0.29) is 0 Å². The summed E-state index contributed by atoms with van der Waals surface area (Å²) in [6, 6.07) is 2.11. The Balaban J connectivity index is 2.25. The summed E-state index contributed by atoms with van der Waals surface area (Å²) in [5, 5.41) is 12.6. The summed E-state index contributed by atoms with van der Waals surface area (Å²) in [5.74, 6) is 0.728. The molecule has 0 atom stereocenters. The predicted molar refractivity (Wildman–Crippen MR) is 66.7 cm³/mol. The highest BCUT2D eigenvalue weighted by atomic mass is 15.3. The van der Waals surface area contributed by atoms with E-state index in [0.717, 1.165) is 35.7 Å². The zero-order valence-electron chi connectivity index (χ0n) is 10.4. The van der Waals surface area contributed by atoms with Crippen LogP contribution in [0.3, 0.4) is 0 Å². The van der Waals surface area contributed by atoms with Gasteiger partial charge in [0.2, 0.25) is 5.65 Å². The van der Waals surface area contributed by atoms with Crippen LogP contribution < -0.4 is 0 Å². The van der Waals surface area contributed by atoms with Gasteiger partial charge in [-0.15, -0.1) is 10.2 Å². The highest BCUT2D eigenvalue weighted by molar-refractivity contribution is 5.53. The summed E-state index contributed by atoms with van der Waals surface area (Å²) in [7, 11) is 0. The van der Waals surface area contributed by atoms with E-state index in [1.54, 1.807) is 12.5 Å². The molecular formula is C12H14N6. The number of aromatic nitrogens is 6. The summed E-state index contributed by atoms with van der Waals surface area (Å²) in [6.45, 7) is 4.20. The van der Waals surface area contributed by atoms with Gasteiger partial charge < -0.3 is 0 Å². The molecule has 3 aromatic rings. The lowest BCUT2D eigenvalue weighted by atomic mass is 10.2. The number of aryl methyl sites for hydroxylation is 2. The van der Waals surface area contributed by atoms with Gasteiger partial charge in [0, 0.05) is 18.1 Å². The van der Waals surface area contributed by atoms with Crippen molar-refractivity contribution >= 4 is 5.65 Å². The molecule has 0 aliphatic heterocycles. The molecular weight excluding hydrogens is 228 g/mol. The number of hydrogen-bond acceptors (Lipinski definition) is 4. The van der Waals surface area contributed by atoms with Crippen molar-refractivity contribution in [1.82, 2.24) is 29.4 Å². The van der Waals surface area contributed by atoms with E-state index in [2.05, 4.69) is 40.2 Å². The van der Waals surface area contributed by atoms with Crippen molar-refractivity contribution in [2.45, 2.75) is 26.7 Å². The van der Waals surface area contributed by atoms with E-state index in [1.165, 1.54) is 0 Å². The Morgan fingerprint density at radius 1 is 1.22 bits per heavy atom. The minimum absolute atomic E-state index is 0.720. The van der Waals surface area contributed by atoms with Crippen LogP contribution in [0.1, 0.15) is 25.2 Å². The fraction of sp³-hybridized carbons (Fsp3) is 0.333. The van der Waals surface area contributed by atoms with Crippen LogP contribution in [0, 0.1) is 0 Å². The van der Waals surface area contributed by atoms with E-state index in [0.29, 0.717) is 0 Å². The van der Waals surface area contributed by atoms with Gasteiger partial charge in [-0.3, -0.25) is 4.40 Å². The molecule has 3 heterocycles. The molecule has 0 spiro atoms. The molecule has 3 rings (SSSR count). The van der Waals surface area contributed by atoms with E-state index in [4.69, 9.17) is 0 Å². The summed E-state index contributed by atoms with van der Waals surface area (Å²) in [6.07, 6.45) is 7.04. The van der Waals surface area contributed by atoms with Crippen molar-refractivity contribution in [3.05, 3.63) is 36.2 Å². The SMILES string of the molecule is CCc1cc(CC)n(-c2nccn3cnnc23)n1. The van der Waals surface area contributed by atoms with Gasteiger partial charge in [0.15, 0.2) is 5.82 Å². The molecule has 0 aliphatic carbocycles. The van der Waals surface area contributed by atoms with Gasteiger partial charge >= 0.3 is 0 Å². The Morgan fingerprint density at radius 2 is 2.11 bits per heavy atom. The van der Waals surface area contributed by atoms with Crippen LogP contribution in [0.5, 0.6) is 0 Å². The first-order chi connectivity index (χ1) is 8.83. The van der Waals surface area contributed by atoms with Gasteiger partial charge in [0.25, 0.3) is 0 Å². The maximum absolute atomic E-state index is 4.57. The van der Waals surface area contributed by atoms with Gasteiger partial charge in [-0.2, -0.15) is 5.10 Å². The lowest BCUT2D eigenvalue weighted by molar-refractivity contribution is 0.770. The van der Waals surface area contributed by atoms with Crippen LogP contribution in [0.15, 0.2) is 24.8 Å². The Bertz CT molecular complexity index is 681. The van der Waals surface area contributed by atoms with Gasteiger partial charge in [0.05, 0.1) is 5.69 Å². The lowest BCUT2D eigenvalue weighted by Gasteiger charge is -2.05. The van der Waals surface area contributed by atoms with Gasteiger partial charge in [-0.1, -0.05) is 13.8 Å². The normalized spacial score (nSPS) is 11.2. The molecule has 0 fully saturated rings. The van der Waals surface area contributed by atoms with E-state index >= 15 is 0 Å². The first-order valence-electron chi connectivity index (χ1n) is 6.06. The molecule has 0 saturated heterocycles. The van der Waals surface area contributed by atoms with Crippen molar-refractivity contribution in [2.75, 3.05) is 0 Å². The smallest absolute Gasteiger partial charge is 0.205 e. The van der Waals surface area contributed by atoms with Crippen LogP contribution in [0.4, 0.5) is 0 Å². The van der Waals surface area contributed by atoms with Gasteiger partial charge in [-0.05, 0) is 18.9 Å². The van der Waals surface area contributed by atoms with Crippen molar-refractivity contribution in [1.29, 1.82) is 0 Å². The molecule has 0 N–H and O–H groups in total. The molecule has 3 aromatic heterocycles.